The quantitative estimate of drug-likeness (QED) is 0.895. The second kappa shape index (κ2) is 6.39. The normalized spacial score (nSPS) is 20.9. The first kappa shape index (κ1) is 15.5. The number of hydrogen-bond acceptors (Lipinski definition) is 3. The zero-order valence-corrected chi connectivity index (χ0v) is 13.6. The van der Waals surface area contributed by atoms with Gasteiger partial charge in [-0.05, 0) is 43.9 Å². The number of hydrogen-bond donors (Lipinski definition) is 1. The fourth-order valence-electron chi connectivity index (χ4n) is 3.10. The van der Waals surface area contributed by atoms with Gasteiger partial charge in [-0.25, -0.2) is 0 Å². The summed E-state index contributed by atoms with van der Waals surface area (Å²) >= 11 is 0. The fourth-order valence-corrected chi connectivity index (χ4v) is 3.10. The number of carbonyl (C=O) groups excluding carboxylic acids is 1. The van der Waals surface area contributed by atoms with E-state index in [9.17, 15) is 4.79 Å². The van der Waals surface area contributed by atoms with Crippen LogP contribution >= 0.6 is 0 Å². The van der Waals surface area contributed by atoms with E-state index in [0.29, 0.717) is 6.42 Å². The molecule has 1 aliphatic heterocycles. The summed E-state index contributed by atoms with van der Waals surface area (Å²) < 4.78 is 0. The predicted octanol–water partition coefficient (Wildman–Crippen LogP) is 1.43. The SMILES string of the molecule is CN1CCN(C(=O)CCc2cccc(CC3(N)CC3)c2)CC1. The van der Waals surface area contributed by atoms with Crippen molar-refractivity contribution in [2.45, 2.75) is 37.6 Å². The van der Waals surface area contributed by atoms with Gasteiger partial charge in [-0.1, -0.05) is 24.3 Å². The Balaban J connectivity index is 1.50. The fraction of sp³-hybridized carbons (Fsp3) is 0.611. The zero-order valence-electron chi connectivity index (χ0n) is 13.6. The Labute approximate surface area is 133 Å². The molecule has 0 spiro atoms. The summed E-state index contributed by atoms with van der Waals surface area (Å²) in [5.41, 5.74) is 8.81. The minimum atomic E-state index is 0.0499. The highest BCUT2D eigenvalue weighted by molar-refractivity contribution is 5.76. The maximum absolute atomic E-state index is 12.3. The molecule has 0 atom stereocenters. The van der Waals surface area contributed by atoms with Gasteiger partial charge in [0.25, 0.3) is 0 Å². The molecule has 0 unspecified atom stereocenters. The molecule has 22 heavy (non-hydrogen) atoms. The molecule has 4 heteroatoms. The summed E-state index contributed by atoms with van der Waals surface area (Å²) in [4.78, 5) is 16.6. The number of nitrogens with two attached hydrogens (primary N) is 1. The third kappa shape index (κ3) is 4.08. The zero-order chi connectivity index (χ0) is 15.6. The monoisotopic (exact) mass is 301 g/mol. The van der Waals surface area contributed by atoms with Gasteiger partial charge in [-0.3, -0.25) is 4.79 Å². The van der Waals surface area contributed by atoms with E-state index >= 15 is 0 Å². The Kier molecular flexibility index (Phi) is 4.50. The van der Waals surface area contributed by atoms with Crippen molar-refractivity contribution < 1.29 is 4.79 Å². The minimum absolute atomic E-state index is 0.0499. The van der Waals surface area contributed by atoms with Gasteiger partial charge in [0.15, 0.2) is 0 Å². The number of amides is 1. The van der Waals surface area contributed by atoms with Crippen molar-refractivity contribution in [2.24, 2.45) is 5.73 Å². The third-order valence-corrected chi connectivity index (χ3v) is 4.92. The Bertz CT molecular complexity index is 531. The molecule has 0 radical (unpaired) electrons. The van der Waals surface area contributed by atoms with Gasteiger partial charge in [0.05, 0.1) is 0 Å². The molecule has 1 aromatic carbocycles. The van der Waals surface area contributed by atoms with Gasteiger partial charge < -0.3 is 15.5 Å². The molecule has 1 aromatic rings. The molecule has 4 nitrogen and oxygen atoms in total. The second-order valence-electron chi connectivity index (χ2n) is 7.04. The first-order chi connectivity index (χ1) is 10.5. The molecule has 3 rings (SSSR count). The third-order valence-electron chi connectivity index (χ3n) is 4.92. The van der Waals surface area contributed by atoms with Gasteiger partial charge in [-0.2, -0.15) is 0 Å². The predicted molar refractivity (Wildman–Crippen MR) is 88.7 cm³/mol. The van der Waals surface area contributed by atoms with Crippen LogP contribution in [0.4, 0.5) is 0 Å². The maximum atomic E-state index is 12.3. The summed E-state index contributed by atoms with van der Waals surface area (Å²) in [5.74, 6) is 0.288. The summed E-state index contributed by atoms with van der Waals surface area (Å²) in [7, 11) is 2.11. The van der Waals surface area contributed by atoms with Crippen molar-refractivity contribution >= 4 is 5.91 Å². The maximum Gasteiger partial charge on any atom is 0.222 e. The van der Waals surface area contributed by atoms with E-state index < -0.39 is 0 Å². The van der Waals surface area contributed by atoms with E-state index in [4.69, 9.17) is 5.73 Å². The number of nitrogens with zero attached hydrogens (tertiary/aromatic N) is 2. The van der Waals surface area contributed by atoms with Gasteiger partial charge in [0.1, 0.15) is 0 Å². The number of benzene rings is 1. The van der Waals surface area contributed by atoms with Crippen molar-refractivity contribution in [3.8, 4) is 0 Å². The molecular formula is C18H27N3O. The molecule has 1 heterocycles. The molecule has 2 N–H and O–H groups in total. The van der Waals surface area contributed by atoms with E-state index in [1.807, 2.05) is 4.90 Å². The first-order valence-electron chi connectivity index (χ1n) is 8.37. The first-order valence-corrected chi connectivity index (χ1v) is 8.37. The number of likely N-dealkylation sites (N-methyl/N-ethyl adjacent to an activating group) is 1. The highest BCUT2D eigenvalue weighted by Crippen LogP contribution is 2.35. The second-order valence-corrected chi connectivity index (χ2v) is 7.04. The van der Waals surface area contributed by atoms with Crippen LogP contribution in [0.3, 0.4) is 0 Å². The van der Waals surface area contributed by atoms with Crippen molar-refractivity contribution in [1.29, 1.82) is 0 Å². The summed E-state index contributed by atoms with van der Waals surface area (Å²) in [6.07, 6.45) is 4.68. The van der Waals surface area contributed by atoms with Crippen LogP contribution in [-0.2, 0) is 17.6 Å². The molecule has 1 saturated carbocycles. The number of piperazine rings is 1. The Morgan fingerprint density at radius 3 is 2.55 bits per heavy atom. The van der Waals surface area contributed by atoms with Gasteiger partial charge in [-0.15, -0.1) is 0 Å². The van der Waals surface area contributed by atoms with Gasteiger partial charge >= 0.3 is 0 Å². The highest BCUT2D eigenvalue weighted by Gasteiger charge is 2.37. The topological polar surface area (TPSA) is 49.6 Å². The van der Waals surface area contributed by atoms with E-state index in [0.717, 1.165) is 51.9 Å². The molecule has 0 bridgehead atoms. The molecule has 2 fully saturated rings. The lowest BCUT2D eigenvalue weighted by molar-refractivity contribution is -0.132. The average molecular weight is 301 g/mol. The van der Waals surface area contributed by atoms with Crippen LogP contribution in [0.1, 0.15) is 30.4 Å². The van der Waals surface area contributed by atoms with Crippen LogP contribution in [0.5, 0.6) is 0 Å². The van der Waals surface area contributed by atoms with Crippen molar-refractivity contribution in [3.05, 3.63) is 35.4 Å². The van der Waals surface area contributed by atoms with Gasteiger partial charge in [0, 0.05) is 38.1 Å². The lowest BCUT2D eigenvalue weighted by atomic mass is 10.0. The molecule has 1 aliphatic carbocycles. The number of aryl methyl sites for hydroxylation is 1. The van der Waals surface area contributed by atoms with Crippen LogP contribution in [0.25, 0.3) is 0 Å². The largest absolute Gasteiger partial charge is 0.340 e. The Morgan fingerprint density at radius 1 is 1.18 bits per heavy atom. The lowest BCUT2D eigenvalue weighted by Gasteiger charge is -2.32. The van der Waals surface area contributed by atoms with E-state index in [2.05, 4.69) is 36.2 Å². The summed E-state index contributed by atoms with van der Waals surface area (Å²) in [6.45, 7) is 3.70. The van der Waals surface area contributed by atoms with E-state index in [-0.39, 0.29) is 11.4 Å². The lowest BCUT2D eigenvalue weighted by Crippen LogP contribution is -2.47. The minimum Gasteiger partial charge on any atom is -0.340 e. The Hall–Kier alpha value is -1.39. The van der Waals surface area contributed by atoms with Gasteiger partial charge in [0.2, 0.25) is 5.91 Å². The van der Waals surface area contributed by atoms with Crippen LogP contribution in [0.15, 0.2) is 24.3 Å². The standard InChI is InChI=1S/C18H27N3O/c1-20-9-11-21(12-10-20)17(22)6-5-15-3-2-4-16(13-15)14-18(19)7-8-18/h2-4,13H,5-12,14,19H2,1H3. The molecule has 2 aliphatic rings. The average Bonchev–Trinajstić information content (AvgIpc) is 3.23. The van der Waals surface area contributed by atoms with E-state index in [1.54, 1.807) is 0 Å². The molecule has 120 valence electrons. The van der Waals surface area contributed by atoms with Crippen LogP contribution in [-0.4, -0.2) is 54.5 Å². The van der Waals surface area contributed by atoms with Crippen molar-refractivity contribution in [2.75, 3.05) is 33.2 Å². The molecule has 1 saturated heterocycles. The molecular weight excluding hydrogens is 274 g/mol. The highest BCUT2D eigenvalue weighted by atomic mass is 16.2. The number of carbonyl (C=O) groups is 1. The molecule has 1 amide bonds. The van der Waals surface area contributed by atoms with Crippen LogP contribution < -0.4 is 5.73 Å². The summed E-state index contributed by atoms with van der Waals surface area (Å²) in [5, 5.41) is 0. The smallest absolute Gasteiger partial charge is 0.222 e. The van der Waals surface area contributed by atoms with Crippen LogP contribution in [0.2, 0.25) is 0 Å². The summed E-state index contributed by atoms with van der Waals surface area (Å²) in [6, 6.07) is 8.59. The molecule has 0 aromatic heterocycles. The van der Waals surface area contributed by atoms with Crippen molar-refractivity contribution in [3.63, 3.8) is 0 Å². The van der Waals surface area contributed by atoms with E-state index in [1.165, 1.54) is 11.1 Å². The Morgan fingerprint density at radius 2 is 1.86 bits per heavy atom. The number of rotatable bonds is 5. The van der Waals surface area contributed by atoms with Crippen molar-refractivity contribution in [1.82, 2.24) is 9.80 Å². The van der Waals surface area contributed by atoms with Crippen LogP contribution in [0, 0.1) is 0 Å².